The number of nitrogens with one attached hydrogen (secondary N) is 2. The molecule has 6 nitrogen and oxygen atoms in total. The van der Waals surface area contributed by atoms with Gasteiger partial charge in [0.05, 0.1) is 0 Å². The lowest BCUT2D eigenvalue weighted by molar-refractivity contribution is 0.806. The van der Waals surface area contributed by atoms with Crippen LogP contribution in [0.4, 0.5) is 0 Å². The Bertz CT molecular complexity index is 899. The van der Waals surface area contributed by atoms with Crippen molar-refractivity contribution < 1.29 is 0 Å². The van der Waals surface area contributed by atoms with Gasteiger partial charge >= 0.3 is 0 Å². The molecule has 142 valence electrons. The first-order chi connectivity index (χ1) is 12.7. The Morgan fingerprint density at radius 1 is 1.11 bits per heavy atom. The highest BCUT2D eigenvalue weighted by atomic mass is 127. The molecule has 3 aromatic rings. The van der Waals surface area contributed by atoms with E-state index in [1.165, 1.54) is 0 Å². The smallest absolute Gasteiger partial charge is 0.191 e. The van der Waals surface area contributed by atoms with Crippen molar-refractivity contribution in [1.82, 2.24) is 25.2 Å². The summed E-state index contributed by atoms with van der Waals surface area (Å²) < 4.78 is 1.86. The van der Waals surface area contributed by atoms with E-state index in [2.05, 4.69) is 25.6 Å². The predicted molar refractivity (Wildman–Crippen MR) is 120 cm³/mol. The van der Waals surface area contributed by atoms with Gasteiger partial charge in [-0.15, -0.1) is 24.0 Å². The molecule has 9 heteroatoms. The highest BCUT2D eigenvalue weighted by molar-refractivity contribution is 14.0. The number of guanidine groups is 1. The van der Waals surface area contributed by atoms with Crippen molar-refractivity contribution in [3.63, 3.8) is 0 Å². The highest BCUT2D eigenvalue weighted by Gasteiger charge is 2.04. The Labute approximate surface area is 185 Å². The molecule has 0 saturated carbocycles. The van der Waals surface area contributed by atoms with Crippen LogP contribution in [0.5, 0.6) is 0 Å². The minimum atomic E-state index is 0. The van der Waals surface area contributed by atoms with E-state index in [-0.39, 0.29) is 24.0 Å². The standard InChI is InChI=1S/C18H18Cl2N6.HI/c1-21-18(25-11-14-2-3-15(19)9-16(14)20)24-10-13-4-5-23-17(8-13)26-7-6-22-12-26;/h2-9,12H,10-11H2,1H3,(H2,21,24,25);1H. The summed E-state index contributed by atoms with van der Waals surface area (Å²) in [5.41, 5.74) is 2.03. The van der Waals surface area contributed by atoms with E-state index in [0.717, 1.165) is 16.9 Å². The summed E-state index contributed by atoms with van der Waals surface area (Å²) in [6.45, 7) is 1.16. The summed E-state index contributed by atoms with van der Waals surface area (Å²) in [7, 11) is 1.72. The molecule has 0 aliphatic heterocycles. The molecular weight excluding hydrogens is 498 g/mol. The lowest BCUT2D eigenvalue weighted by Gasteiger charge is -2.13. The normalized spacial score (nSPS) is 11.0. The molecule has 2 aromatic heterocycles. The van der Waals surface area contributed by atoms with Crippen LogP contribution in [0, 0.1) is 0 Å². The lowest BCUT2D eigenvalue weighted by atomic mass is 10.2. The van der Waals surface area contributed by atoms with Crippen LogP contribution >= 0.6 is 47.2 Å². The molecule has 3 rings (SSSR count). The number of aromatic nitrogens is 3. The fraction of sp³-hybridized carbons (Fsp3) is 0.167. The number of hydrogen-bond acceptors (Lipinski definition) is 3. The zero-order valence-electron chi connectivity index (χ0n) is 14.6. The van der Waals surface area contributed by atoms with Crippen molar-refractivity contribution in [2.24, 2.45) is 4.99 Å². The number of hydrogen-bond donors (Lipinski definition) is 2. The fourth-order valence-corrected chi connectivity index (χ4v) is 2.83. The van der Waals surface area contributed by atoms with Gasteiger partial charge in [-0.1, -0.05) is 29.3 Å². The third kappa shape index (κ3) is 6.08. The van der Waals surface area contributed by atoms with Crippen LogP contribution in [0.15, 0.2) is 60.2 Å². The van der Waals surface area contributed by atoms with Crippen molar-refractivity contribution in [3.05, 3.63) is 76.4 Å². The maximum atomic E-state index is 6.20. The molecule has 0 spiro atoms. The second-order valence-electron chi connectivity index (χ2n) is 5.51. The van der Waals surface area contributed by atoms with Gasteiger partial charge in [-0.25, -0.2) is 9.97 Å². The third-order valence-electron chi connectivity index (χ3n) is 3.72. The maximum Gasteiger partial charge on any atom is 0.191 e. The predicted octanol–water partition coefficient (Wildman–Crippen LogP) is 4.06. The summed E-state index contributed by atoms with van der Waals surface area (Å²) in [6, 6.07) is 9.39. The van der Waals surface area contributed by atoms with E-state index in [1.54, 1.807) is 31.8 Å². The molecule has 0 atom stereocenters. The SMILES string of the molecule is CN=C(NCc1ccnc(-n2ccnc2)c1)NCc1ccc(Cl)cc1Cl.I. The van der Waals surface area contributed by atoms with Crippen molar-refractivity contribution in [2.75, 3.05) is 7.05 Å². The molecule has 0 fully saturated rings. The lowest BCUT2D eigenvalue weighted by Crippen LogP contribution is -2.36. The van der Waals surface area contributed by atoms with Crippen LogP contribution in [-0.4, -0.2) is 27.5 Å². The molecule has 0 saturated heterocycles. The molecule has 0 aliphatic rings. The van der Waals surface area contributed by atoms with Crippen molar-refractivity contribution in [1.29, 1.82) is 0 Å². The van der Waals surface area contributed by atoms with E-state index in [9.17, 15) is 0 Å². The Kier molecular flexibility index (Phi) is 8.33. The maximum absolute atomic E-state index is 6.20. The van der Waals surface area contributed by atoms with Crippen LogP contribution in [0.1, 0.15) is 11.1 Å². The number of pyridine rings is 1. The molecule has 1 aromatic carbocycles. The molecule has 0 aliphatic carbocycles. The zero-order chi connectivity index (χ0) is 18.4. The molecule has 0 unspecified atom stereocenters. The van der Waals surface area contributed by atoms with Gasteiger partial charge in [-0.05, 0) is 35.4 Å². The van der Waals surface area contributed by atoms with E-state index >= 15 is 0 Å². The number of nitrogens with zero attached hydrogens (tertiary/aromatic N) is 4. The summed E-state index contributed by atoms with van der Waals surface area (Å²) in [6.07, 6.45) is 7.07. The molecule has 0 bridgehead atoms. The fourth-order valence-electron chi connectivity index (χ4n) is 2.36. The molecule has 2 N–H and O–H groups in total. The van der Waals surface area contributed by atoms with Crippen LogP contribution in [-0.2, 0) is 13.1 Å². The quantitative estimate of drug-likeness (QED) is 0.305. The molecule has 2 heterocycles. The average molecular weight is 517 g/mol. The van der Waals surface area contributed by atoms with Crippen LogP contribution in [0.2, 0.25) is 10.0 Å². The van der Waals surface area contributed by atoms with E-state index in [1.807, 2.05) is 35.0 Å². The van der Waals surface area contributed by atoms with Gasteiger partial charge in [0, 0.05) is 48.8 Å². The monoisotopic (exact) mass is 516 g/mol. The number of halogens is 3. The summed E-state index contributed by atoms with van der Waals surface area (Å²) in [5, 5.41) is 7.76. The first-order valence-electron chi connectivity index (χ1n) is 7.97. The van der Waals surface area contributed by atoms with Gasteiger partial charge in [0.15, 0.2) is 5.96 Å². The number of rotatable bonds is 5. The van der Waals surface area contributed by atoms with Gasteiger partial charge in [-0.3, -0.25) is 9.56 Å². The number of imidazole rings is 1. The van der Waals surface area contributed by atoms with Gasteiger partial charge < -0.3 is 10.6 Å². The molecule has 0 amide bonds. The van der Waals surface area contributed by atoms with E-state index in [4.69, 9.17) is 23.2 Å². The second-order valence-corrected chi connectivity index (χ2v) is 6.35. The van der Waals surface area contributed by atoms with Crippen LogP contribution < -0.4 is 10.6 Å². The summed E-state index contributed by atoms with van der Waals surface area (Å²) >= 11 is 12.1. The van der Waals surface area contributed by atoms with Gasteiger partial charge in [0.25, 0.3) is 0 Å². The van der Waals surface area contributed by atoms with Gasteiger partial charge in [0.1, 0.15) is 12.1 Å². The first-order valence-corrected chi connectivity index (χ1v) is 8.73. The first kappa shape index (κ1) is 21.5. The van der Waals surface area contributed by atoms with E-state index < -0.39 is 0 Å². The Hall–Kier alpha value is -1.84. The minimum Gasteiger partial charge on any atom is -0.352 e. The van der Waals surface area contributed by atoms with Crippen LogP contribution in [0.3, 0.4) is 0 Å². The molecule has 27 heavy (non-hydrogen) atoms. The van der Waals surface area contributed by atoms with Crippen LogP contribution in [0.25, 0.3) is 5.82 Å². The third-order valence-corrected chi connectivity index (χ3v) is 4.31. The Morgan fingerprint density at radius 2 is 1.93 bits per heavy atom. The summed E-state index contributed by atoms with van der Waals surface area (Å²) in [4.78, 5) is 12.6. The van der Waals surface area contributed by atoms with Crippen molar-refractivity contribution in [2.45, 2.75) is 13.1 Å². The van der Waals surface area contributed by atoms with Gasteiger partial charge in [-0.2, -0.15) is 0 Å². The molecule has 0 radical (unpaired) electrons. The Morgan fingerprint density at radius 3 is 2.63 bits per heavy atom. The topological polar surface area (TPSA) is 67.1 Å². The Balaban J connectivity index is 0.00000261. The second kappa shape index (κ2) is 10.5. The number of benzene rings is 1. The van der Waals surface area contributed by atoms with E-state index in [0.29, 0.717) is 29.1 Å². The largest absolute Gasteiger partial charge is 0.352 e. The van der Waals surface area contributed by atoms with Gasteiger partial charge in [0.2, 0.25) is 0 Å². The average Bonchev–Trinajstić information content (AvgIpc) is 3.18. The summed E-state index contributed by atoms with van der Waals surface area (Å²) in [5.74, 6) is 1.50. The zero-order valence-corrected chi connectivity index (χ0v) is 18.4. The number of aliphatic imine (C=N–C) groups is 1. The molecular formula is C18H19Cl2IN6. The highest BCUT2D eigenvalue weighted by Crippen LogP contribution is 2.20. The van der Waals surface area contributed by atoms with Crippen molar-refractivity contribution in [3.8, 4) is 5.82 Å². The minimum absolute atomic E-state index is 0. The van der Waals surface area contributed by atoms with Crippen molar-refractivity contribution >= 4 is 53.1 Å².